The van der Waals surface area contributed by atoms with Crippen molar-refractivity contribution in [3.05, 3.63) is 0 Å². The highest BCUT2D eigenvalue weighted by Gasteiger charge is 2.35. The first-order chi connectivity index (χ1) is 7.53. The predicted octanol–water partition coefficient (Wildman–Crippen LogP) is 0.643. The Morgan fingerprint density at radius 3 is 2.81 bits per heavy atom. The van der Waals surface area contributed by atoms with E-state index < -0.39 is 15.2 Å². The van der Waals surface area contributed by atoms with Crippen molar-refractivity contribution in [1.29, 1.82) is 0 Å². The summed E-state index contributed by atoms with van der Waals surface area (Å²) in [6.45, 7) is 2.15. The van der Waals surface area contributed by atoms with Crippen LogP contribution in [0.3, 0.4) is 0 Å². The molecule has 16 heavy (non-hydrogen) atoms. The van der Waals surface area contributed by atoms with Crippen LogP contribution in [0.5, 0.6) is 0 Å². The SMILES string of the molecule is CCS(=O)(=O)C1CSCCN1C(=O)CCS. The summed E-state index contributed by atoms with van der Waals surface area (Å²) in [5.74, 6) is 1.75. The van der Waals surface area contributed by atoms with E-state index >= 15 is 0 Å². The summed E-state index contributed by atoms with van der Waals surface area (Å²) >= 11 is 5.59. The molecule has 0 aromatic carbocycles. The summed E-state index contributed by atoms with van der Waals surface area (Å²) in [4.78, 5) is 13.3. The van der Waals surface area contributed by atoms with Crippen LogP contribution in [0, 0.1) is 0 Å². The van der Waals surface area contributed by atoms with Gasteiger partial charge in [-0.05, 0) is 5.75 Å². The van der Waals surface area contributed by atoms with Gasteiger partial charge in [0.2, 0.25) is 5.91 Å². The van der Waals surface area contributed by atoms with Gasteiger partial charge in [-0.1, -0.05) is 6.92 Å². The molecular formula is C9H17NO3S3. The van der Waals surface area contributed by atoms with Crippen LogP contribution in [0.2, 0.25) is 0 Å². The molecule has 94 valence electrons. The minimum absolute atomic E-state index is 0.0862. The molecule has 1 rings (SSSR count). The second kappa shape index (κ2) is 6.16. The van der Waals surface area contributed by atoms with Crippen LogP contribution in [0.1, 0.15) is 13.3 Å². The van der Waals surface area contributed by atoms with Crippen LogP contribution >= 0.6 is 24.4 Å². The molecule has 1 aliphatic rings. The molecule has 1 atom stereocenters. The first-order valence-electron chi connectivity index (χ1n) is 5.22. The number of carbonyl (C=O) groups excluding carboxylic acids is 1. The number of thiol groups is 1. The lowest BCUT2D eigenvalue weighted by Gasteiger charge is -2.34. The molecule has 0 bridgehead atoms. The van der Waals surface area contributed by atoms with Gasteiger partial charge in [-0.3, -0.25) is 4.79 Å². The van der Waals surface area contributed by atoms with E-state index in [0.29, 0.717) is 24.5 Å². The van der Waals surface area contributed by atoms with E-state index in [1.807, 2.05) is 0 Å². The van der Waals surface area contributed by atoms with Gasteiger partial charge in [-0.2, -0.15) is 24.4 Å². The highest BCUT2D eigenvalue weighted by atomic mass is 32.2. The molecule has 0 saturated carbocycles. The van der Waals surface area contributed by atoms with Gasteiger partial charge in [0.25, 0.3) is 0 Å². The molecular weight excluding hydrogens is 266 g/mol. The summed E-state index contributed by atoms with van der Waals surface area (Å²) in [5, 5.41) is -0.636. The third kappa shape index (κ3) is 3.30. The topological polar surface area (TPSA) is 54.5 Å². The van der Waals surface area contributed by atoms with Crippen LogP contribution < -0.4 is 0 Å². The minimum atomic E-state index is -3.17. The van der Waals surface area contributed by atoms with Crippen molar-refractivity contribution in [1.82, 2.24) is 4.90 Å². The summed E-state index contributed by atoms with van der Waals surface area (Å²) in [6.07, 6.45) is 0.309. The third-order valence-corrected chi connectivity index (χ3v) is 6.06. The average Bonchev–Trinajstić information content (AvgIpc) is 2.29. The molecule has 0 aromatic rings. The lowest BCUT2D eigenvalue weighted by atomic mass is 10.4. The summed E-state index contributed by atoms with van der Waals surface area (Å²) in [7, 11) is -3.17. The number of thioether (sulfide) groups is 1. The van der Waals surface area contributed by atoms with E-state index in [9.17, 15) is 13.2 Å². The maximum absolute atomic E-state index is 11.8. The summed E-state index contributed by atoms with van der Waals surface area (Å²) in [6, 6.07) is 0. The number of nitrogens with zero attached hydrogens (tertiary/aromatic N) is 1. The van der Waals surface area contributed by atoms with E-state index in [2.05, 4.69) is 12.6 Å². The Bertz CT molecular complexity index is 342. The number of hydrogen-bond donors (Lipinski definition) is 1. The van der Waals surface area contributed by atoms with E-state index in [-0.39, 0.29) is 11.7 Å². The maximum atomic E-state index is 11.8. The Kier molecular flexibility index (Phi) is 5.46. The molecule has 4 nitrogen and oxygen atoms in total. The van der Waals surface area contributed by atoms with Crippen LogP contribution in [0.4, 0.5) is 0 Å². The lowest BCUT2D eigenvalue weighted by Crippen LogP contribution is -2.50. The Balaban J connectivity index is 2.83. The Morgan fingerprint density at radius 1 is 1.56 bits per heavy atom. The third-order valence-electron chi connectivity index (χ3n) is 2.55. The first-order valence-corrected chi connectivity index (χ1v) is 8.72. The predicted molar refractivity (Wildman–Crippen MR) is 70.8 cm³/mol. The molecule has 7 heteroatoms. The molecule has 1 heterocycles. The number of amides is 1. The van der Waals surface area contributed by atoms with E-state index in [0.717, 1.165) is 5.75 Å². The van der Waals surface area contributed by atoms with Crippen molar-refractivity contribution in [3.8, 4) is 0 Å². The van der Waals surface area contributed by atoms with E-state index in [1.54, 1.807) is 18.7 Å². The van der Waals surface area contributed by atoms with Crippen LogP contribution in [-0.2, 0) is 14.6 Å². The summed E-state index contributed by atoms with van der Waals surface area (Å²) in [5.41, 5.74) is 0. The van der Waals surface area contributed by atoms with Gasteiger partial charge in [-0.25, -0.2) is 8.42 Å². The highest BCUT2D eigenvalue weighted by molar-refractivity contribution is 8.01. The van der Waals surface area contributed by atoms with Crippen molar-refractivity contribution in [3.63, 3.8) is 0 Å². The van der Waals surface area contributed by atoms with Gasteiger partial charge < -0.3 is 4.90 Å². The second-order valence-corrected chi connectivity index (χ2v) is 7.59. The average molecular weight is 283 g/mol. The first kappa shape index (κ1) is 14.2. The van der Waals surface area contributed by atoms with Gasteiger partial charge in [-0.15, -0.1) is 0 Å². The van der Waals surface area contributed by atoms with Gasteiger partial charge in [0.1, 0.15) is 5.37 Å². The quantitative estimate of drug-likeness (QED) is 0.770. The molecule has 1 saturated heterocycles. The molecule has 1 fully saturated rings. The number of hydrogen-bond acceptors (Lipinski definition) is 5. The zero-order valence-electron chi connectivity index (χ0n) is 9.26. The maximum Gasteiger partial charge on any atom is 0.224 e. The molecule has 0 aromatic heterocycles. The standard InChI is InChI=1S/C9H17NO3S3/c1-2-16(12,13)9-7-15-6-4-10(9)8(11)3-5-14/h9,14H,2-7H2,1H3. The van der Waals surface area contributed by atoms with Crippen LogP contribution in [0.15, 0.2) is 0 Å². The van der Waals surface area contributed by atoms with Crippen molar-refractivity contribution in [2.24, 2.45) is 0 Å². The largest absolute Gasteiger partial charge is 0.324 e. The number of sulfone groups is 1. The Morgan fingerprint density at radius 2 is 2.25 bits per heavy atom. The smallest absolute Gasteiger partial charge is 0.224 e. The van der Waals surface area contributed by atoms with Gasteiger partial charge in [0.15, 0.2) is 9.84 Å². The monoisotopic (exact) mass is 283 g/mol. The molecule has 1 aliphatic heterocycles. The Labute approximate surface area is 106 Å². The highest BCUT2D eigenvalue weighted by Crippen LogP contribution is 2.22. The summed E-state index contributed by atoms with van der Waals surface area (Å²) < 4.78 is 23.7. The van der Waals surface area contributed by atoms with Crippen molar-refractivity contribution in [2.75, 3.05) is 29.6 Å². The molecule has 0 N–H and O–H groups in total. The van der Waals surface area contributed by atoms with Crippen LogP contribution in [0.25, 0.3) is 0 Å². The molecule has 0 radical (unpaired) electrons. The lowest BCUT2D eigenvalue weighted by molar-refractivity contribution is -0.131. The Hall–Kier alpha value is 0.120. The normalized spacial score (nSPS) is 22.1. The van der Waals surface area contributed by atoms with Gasteiger partial charge >= 0.3 is 0 Å². The molecule has 1 unspecified atom stereocenters. The number of carbonyl (C=O) groups is 1. The molecule has 0 spiro atoms. The van der Waals surface area contributed by atoms with Crippen molar-refractivity contribution in [2.45, 2.75) is 18.7 Å². The van der Waals surface area contributed by atoms with E-state index in [4.69, 9.17) is 0 Å². The molecule has 1 amide bonds. The van der Waals surface area contributed by atoms with Gasteiger partial charge in [0, 0.05) is 30.2 Å². The fraction of sp³-hybridized carbons (Fsp3) is 0.889. The van der Waals surface area contributed by atoms with E-state index in [1.165, 1.54) is 4.90 Å². The zero-order chi connectivity index (χ0) is 12.2. The van der Waals surface area contributed by atoms with Gasteiger partial charge in [0.05, 0.1) is 0 Å². The second-order valence-electron chi connectivity index (χ2n) is 3.54. The minimum Gasteiger partial charge on any atom is -0.324 e. The fourth-order valence-electron chi connectivity index (χ4n) is 1.60. The molecule has 0 aliphatic carbocycles. The van der Waals surface area contributed by atoms with Crippen LogP contribution in [-0.4, -0.2) is 54.2 Å². The zero-order valence-corrected chi connectivity index (χ0v) is 11.8. The fourth-order valence-corrected chi connectivity index (χ4v) is 4.77. The number of rotatable bonds is 4. The van der Waals surface area contributed by atoms with Crippen molar-refractivity contribution >= 4 is 40.1 Å². The van der Waals surface area contributed by atoms with Crippen molar-refractivity contribution < 1.29 is 13.2 Å².